The van der Waals surface area contributed by atoms with Gasteiger partial charge in [0.1, 0.15) is 0 Å². The van der Waals surface area contributed by atoms with Crippen LogP contribution in [-0.4, -0.2) is 33.3 Å². The maximum atomic E-state index is 12.0. The summed E-state index contributed by atoms with van der Waals surface area (Å²) in [5.74, 6) is 0.151. The van der Waals surface area contributed by atoms with Crippen LogP contribution >= 0.6 is 0 Å². The van der Waals surface area contributed by atoms with Crippen LogP contribution in [-0.2, 0) is 18.4 Å². The van der Waals surface area contributed by atoms with Crippen molar-refractivity contribution in [2.45, 2.75) is 51.1 Å². The highest BCUT2D eigenvalue weighted by molar-refractivity contribution is 5.76. The lowest BCUT2D eigenvalue weighted by Crippen LogP contribution is -2.37. The van der Waals surface area contributed by atoms with Crippen molar-refractivity contribution in [2.75, 3.05) is 6.54 Å². The molecule has 25 heavy (non-hydrogen) atoms. The topological polar surface area (TPSA) is 71.8 Å². The molecule has 0 bridgehead atoms. The van der Waals surface area contributed by atoms with Gasteiger partial charge in [0, 0.05) is 62.3 Å². The number of nitrogens with zero attached hydrogens (tertiary/aromatic N) is 3. The van der Waals surface area contributed by atoms with Crippen molar-refractivity contribution in [1.82, 2.24) is 25.4 Å². The van der Waals surface area contributed by atoms with Gasteiger partial charge in [-0.15, -0.1) is 0 Å². The van der Waals surface area contributed by atoms with E-state index in [4.69, 9.17) is 0 Å². The largest absolute Gasteiger partial charge is 0.353 e. The van der Waals surface area contributed by atoms with E-state index >= 15 is 0 Å². The second-order valence-electron chi connectivity index (χ2n) is 6.75. The summed E-state index contributed by atoms with van der Waals surface area (Å²) in [4.78, 5) is 16.2. The molecule has 0 atom stereocenters. The molecular weight excluding hydrogens is 314 g/mol. The number of aromatic nitrogens is 3. The smallest absolute Gasteiger partial charge is 0.221 e. The molecule has 2 N–H and O–H groups in total. The highest BCUT2D eigenvalue weighted by atomic mass is 16.1. The van der Waals surface area contributed by atoms with Crippen LogP contribution in [0.1, 0.15) is 44.1 Å². The first-order chi connectivity index (χ1) is 12.2. The summed E-state index contributed by atoms with van der Waals surface area (Å²) >= 11 is 0. The minimum atomic E-state index is 0.151. The third kappa shape index (κ3) is 5.13. The molecule has 134 valence electrons. The van der Waals surface area contributed by atoms with Crippen LogP contribution in [0.2, 0.25) is 0 Å². The van der Waals surface area contributed by atoms with E-state index in [1.54, 1.807) is 6.20 Å². The van der Waals surface area contributed by atoms with Gasteiger partial charge < -0.3 is 10.6 Å². The third-order valence-corrected chi connectivity index (χ3v) is 4.65. The van der Waals surface area contributed by atoms with Gasteiger partial charge in [0.15, 0.2) is 0 Å². The van der Waals surface area contributed by atoms with Gasteiger partial charge in [-0.1, -0.05) is 19.3 Å². The Morgan fingerprint density at radius 2 is 2.16 bits per heavy atom. The van der Waals surface area contributed by atoms with Crippen LogP contribution in [0, 0.1) is 0 Å². The van der Waals surface area contributed by atoms with E-state index in [9.17, 15) is 4.79 Å². The quantitative estimate of drug-likeness (QED) is 0.759. The Bertz CT molecular complexity index is 676. The van der Waals surface area contributed by atoms with Crippen LogP contribution in [0.5, 0.6) is 0 Å². The predicted molar refractivity (Wildman–Crippen MR) is 97.8 cm³/mol. The fourth-order valence-electron chi connectivity index (χ4n) is 3.38. The number of pyridine rings is 1. The number of rotatable bonds is 7. The second-order valence-corrected chi connectivity index (χ2v) is 6.75. The van der Waals surface area contributed by atoms with Gasteiger partial charge in [-0.2, -0.15) is 5.10 Å². The fourth-order valence-corrected chi connectivity index (χ4v) is 3.38. The lowest BCUT2D eigenvalue weighted by atomic mass is 9.95. The van der Waals surface area contributed by atoms with E-state index in [0.717, 1.165) is 29.7 Å². The number of carbonyl (C=O) groups is 1. The number of nitrogens with one attached hydrogen (secondary N) is 2. The van der Waals surface area contributed by atoms with E-state index in [-0.39, 0.29) is 5.91 Å². The SMILES string of the molecule is Cn1cc(CNCCC(=O)NC2CCCCC2)c(-c2cccnc2)n1. The molecule has 0 aliphatic heterocycles. The predicted octanol–water partition coefficient (Wildman–Crippen LogP) is 2.41. The van der Waals surface area contributed by atoms with Crippen molar-refractivity contribution in [3.8, 4) is 11.3 Å². The van der Waals surface area contributed by atoms with E-state index in [0.29, 0.717) is 25.6 Å². The molecule has 3 rings (SSSR count). The van der Waals surface area contributed by atoms with Crippen molar-refractivity contribution < 1.29 is 4.79 Å². The zero-order valence-corrected chi connectivity index (χ0v) is 14.9. The first-order valence-corrected chi connectivity index (χ1v) is 9.15. The van der Waals surface area contributed by atoms with Crippen LogP contribution < -0.4 is 10.6 Å². The Labute approximate surface area is 149 Å². The van der Waals surface area contributed by atoms with Gasteiger partial charge >= 0.3 is 0 Å². The van der Waals surface area contributed by atoms with Gasteiger partial charge in [0.05, 0.1) is 5.69 Å². The summed E-state index contributed by atoms with van der Waals surface area (Å²) in [6, 6.07) is 4.31. The Hall–Kier alpha value is -2.21. The molecule has 1 saturated carbocycles. The zero-order valence-electron chi connectivity index (χ0n) is 14.9. The van der Waals surface area contributed by atoms with Gasteiger partial charge in [-0.25, -0.2) is 0 Å². The lowest BCUT2D eigenvalue weighted by Gasteiger charge is -2.22. The Balaban J connectivity index is 1.45. The molecule has 6 heteroatoms. The molecule has 0 spiro atoms. The summed E-state index contributed by atoms with van der Waals surface area (Å²) in [7, 11) is 1.92. The summed E-state index contributed by atoms with van der Waals surface area (Å²) in [6.07, 6.45) is 12.1. The van der Waals surface area contributed by atoms with Gasteiger partial charge in [-0.05, 0) is 25.0 Å². The molecule has 0 unspecified atom stereocenters. The van der Waals surface area contributed by atoms with E-state index < -0.39 is 0 Å². The number of aryl methyl sites for hydroxylation is 1. The van der Waals surface area contributed by atoms with Gasteiger partial charge in [0.25, 0.3) is 0 Å². The maximum Gasteiger partial charge on any atom is 0.221 e. The van der Waals surface area contributed by atoms with Crippen molar-refractivity contribution >= 4 is 5.91 Å². The monoisotopic (exact) mass is 341 g/mol. The lowest BCUT2D eigenvalue weighted by molar-refractivity contribution is -0.121. The molecule has 0 aromatic carbocycles. The molecule has 1 aliphatic carbocycles. The normalized spacial score (nSPS) is 15.2. The van der Waals surface area contributed by atoms with Crippen LogP contribution in [0.4, 0.5) is 0 Å². The molecule has 0 saturated heterocycles. The molecule has 2 aromatic heterocycles. The van der Waals surface area contributed by atoms with E-state index in [1.807, 2.05) is 36.3 Å². The molecule has 6 nitrogen and oxygen atoms in total. The molecule has 1 fully saturated rings. The summed E-state index contributed by atoms with van der Waals surface area (Å²) in [5.41, 5.74) is 3.06. The van der Waals surface area contributed by atoms with Crippen LogP contribution in [0.15, 0.2) is 30.7 Å². The number of hydrogen-bond donors (Lipinski definition) is 2. The van der Waals surface area contributed by atoms with Crippen molar-refractivity contribution in [3.05, 3.63) is 36.3 Å². The minimum Gasteiger partial charge on any atom is -0.353 e. The average molecular weight is 341 g/mol. The first kappa shape index (κ1) is 17.6. The molecular formula is C19H27N5O. The van der Waals surface area contributed by atoms with Gasteiger partial charge in [-0.3, -0.25) is 14.5 Å². The van der Waals surface area contributed by atoms with Crippen molar-refractivity contribution in [1.29, 1.82) is 0 Å². The maximum absolute atomic E-state index is 12.0. The Kier molecular flexibility index (Phi) is 6.17. The van der Waals surface area contributed by atoms with Crippen molar-refractivity contribution in [3.63, 3.8) is 0 Å². The van der Waals surface area contributed by atoms with E-state index in [2.05, 4.69) is 20.7 Å². The van der Waals surface area contributed by atoms with Crippen molar-refractivity contribution in [2.24, 2.45) is 7.05 Å². The Morgan fingerprint density at radius 3 is 2.92 bits per heavy atom. The summed E-state index contributed by atoms with van der Waals surface area (Å²) < 4.78 is 1.81. The number of hydrogen-bond acceptors (Lipinski definition) is 4. The van der Waals surface area contributed by atoms with Crippen LogP contribution in [0.3, 0.4) is 0 Å². The average Bonchev–Trinajstić information content (AvgIpc) is 3.01. The molecule has 2 heterocycles. The summed E-state index contributed by atoms with van der Waals surface area (Å²) in [6.45, 7) is 1.36. The molecule has 1 amide bonds. The summed E-state index contributed by atoms with van der Waals surface area (Å²) in [5, 5.41) is 11.0. The second kappa shape index (κ2) is 8.76. The Morgan fingerprint density at radius 1 is 1.32 bits per heavy atom. The molecule has 2 aromatic rings. The van der Waals surface area contributed by atoms with E-state index in [1.165, 1.54) is 19.3 Å². The highest BCUT2D eigenvalue weighted by Crippen LogP contribution is 2.20. The first-order valence-electron chi connectivity index (χ1n) is 9.15. The number of amides is 1. The minimum absolute atomic E-state index is 0.151. The standard InChI is InChI=1S/C19H27N5O/c1-24-14-16(19(23-24)15-6-5-10-20-12-15)13-21-11-9-18(25)22-17-7-3-2-4-8-17/h5-6,10,12,14,17,21H,2-4,7-9,11,13H2,1H3,(H,22,25). The fraction of sp³-hybridized carbons (Fsp3) is 0.526. The third-order valence-electron chi connectivity index (χ3n) is 4.65. The molecule has 0 radical (unpaired) electrons. The van der Waals surface area contributed by atoms with Crippen LogP contribution in [0.25, 0.3) is 11.3 Å². The molecule has 1 aliphatic rings. The number of carbonyl (C=O) groups excluding carboxylic acids is 1. The zero-order chi connectivity index (χ0) is 17.5. The highest BCUT2D eigenvalue weighted by Gasteiger charge is 2.15. The van der Waals surface area contributed by atoms with Gasteiger partial charge in [0.2, 0.25) is 5.91 Å².